The molecule has 23 heavy (non-hydrogen) atoms. The molecule has 0 saturated carbocycles. The second-order valence-corrected chi connectivity index (χ2v) is 5.34. The largest absolute Gasteiger partial charge is 0.357 e. The third-order valence-corrected chi connectivity index (χ3v) is 3.29. The number of nitrogens with one attached hydrogen (secondary N) is 3. The van der Waals surface area contributed by atoms with Crippen LogP contribution in [0.15, 0.2) is 29.3 Å². The molecule has 1 rings (SSSR count). The molecule has 1 atom stereocenters. The minimum absolute atomic E-state index is 0. The Bertz CT molecular complexity index is 505. The van der Waals surface area contributed by atoms with E-state index in [0.29, 0.717) is 24.7 Å². The highest BCUT2D eigenvalue weighted by atomic mass is 127. The maximum atomic E-state index is 12.0. The molecule has 0 aliphatic rings. The number of hydrogen-bond donors (Lipinski definition) is 3. The number of benzene rings is 1. The number of rotatable bonds is 7. The van der Waals surface area contributed by atoms with Gasteiger partial charge in [0.15, 0.2) is 5.96 Å². The van der Waals surface area contributed by atoms with Crippen molar-refractivity contribution in [2.24, 2.45) is 4.99 Å². The van der Waals surface area contributed by atoms with Gasteiger partial charge in [-0.05, 0) is 39.3 Å². The van der Waals surface area contributed by atoms with Gasteiger partial charge in [-0.25, -0.2) is 0 Å². The van der Waals surface area contributed by atoms with Gasteiger partial charge in [-0.1, -0.05) is 24.6 Å². The zero-order chi connectivity index (χ0) is 16.4. The number of aryl methyl sites for hydroxylation is 1. The number of halogens is 1. The number of amides is 1. The van der Waals surface area contributed by atoms with E-state index in [1.165, 1.54) is 0 Å². The Hall–Kier alpha value is -1.31. The van der Waals surface area contributed by atoms with Crippen LogP contribution in [0.25, 0.3) is 0 Å². The summed E-state index contributed by atoms with van der Waals surface area (Å²) in [5.41, 5.74) is 1.77. The van der Waals surface area contributed by atoms with Gasteiger partial charge in [0.1, 0.15) is 0 Å². The standard InChI is InChI=1S/C17H28N4O.HI/c1-5-14(4)21-17(18-6-2)20-11-10-19-16(22)15-9-7-8-13(3)12-15;/h7-9,12,14H,5-6,10-11H2,1-4H3,(H,19,22)(H2,18,20,21);1H. The Balaban J connectivity index is 0.00000484. The van der Waals surface area contributed by atoms with Crippen molar-refractivity contribution < 1.29 is 4.79 Å². The molecule has 1 aromatic carbocycles. The molecule has 0 aliphatic heterocycles. The van der Waals surface area contributed by atoms with Gasteiger partial charge in [-0.2, -0.15) is 0 Å². The van der Waals surface area contributed by atoms with Crippen LogP contribution in [-0.4, -0.2) is 37.5 Å². The Morgan fingerprint density at radius 2 is 2.00 bits per heavy atom. The Labute approximate surface area is 156 Å². The number of hydrogen-bond acceptors (Lipinski definition) is 2. The molecule has 0 radical (unpaired) electrons. The van der Waals surface area contributed by atoms with E-state index in [2.05, 4.69) is 34.8 Å². The van der Waals surface area contributed by atoms with Gasteiger partial charge in [0, 0.05) is 24.7 Å². The Morgan fingerprint density at radius 3 is 2.61 bits per heavy atom. The summed E-state index contributed by atoms with van der Waals surface area (Å²) in [6, 6.07) is 7.94. The summed E-state index contributed by atoms with van der Waals surface area (Å²) in [5.74, 6) is 0.737. The summed E-state index contributed by atoms with van der Waals surface area (Å²) in [6.45, 7) is 10.1. The van der Waals surface area contributed by atoms with Crippen molar-refractivity contribution >= 4 is 35.8 Å². The van der Waals surface area contributed by atoms with E-state index in [9.17, 15) is 4.79 Å². The fraction of sp³-hybridized carbons (Fsp3) is 0.529. The van der Waals surface area contributed by atoms with E-state index in [4.69, 9.17) is 0 Å². The zero-order valence-corrected chi connectivity index (χ0v) is 16.8. The number of aliphatic imine (C=N–C) groups is 1. The van der Waals surface area contributed by atoms with Gasteiger partial charge in [0.25, 0.3) is 5.91 Å². The van der Waals surface area contributed by atoms with Gasteiger partial charge in [0.05, 0.1) is 6.54 Å². The lowest BCUT2D eigenvalue weighted by Gasteiger charge is -2.16. The zero-order valence-electron chi connectivity index (χ0n) is 14.5. The number of carbonyl (C=O) groups is 1. The molecule has 0 bridgehead atoms. The minimum atomic E-state index is -0.0567. The van der Waals surface area contributed by atoms with Crippen molar-refractivity contribution in [3.8, 4) is 0 Å². The van der Waals surface area contributed by atoms with Crippen molar-refractivity contribution in [3.63, 3.8) is 0 Å². The Morgan fingerprint density at radius 1 is 1.26 bits per heavy atom. The van der Waals surface area contributed by atoms with Gasteiger partial charge in [0.2, 0.25) is 0 Å². The van der Waals surface area contributed by atoms with E-state index in [-0.39, 0.29) is 29.9 Å². The number of carbonyl (C=O) groups excluding carboxylic acids is 1. The van der Waals surface area contributed by atoms with Gasteiger partial charge >= 0.3 is 0 Å². The highest BCUT2D eigenvalue weighted by molar-refractivity contribution is 14.0. The predicted octanol–water partition coefficient (Wildman–Crippen LogP) is 2.70. The average Bonchev–Trinajstić information content (AvgIpc) is 2.51. The van der Waals surface area contributed by atoms with E-state index < -0.39 is 0 Å². The summed E-state index contributed by atoms with van der Waals surface area (Å²) in [7, 11) is 0. The first-order valence-corrected chi connectivity index (χ1v) is 7.96. The fourth-order valence-electron chi connectivity index (χ4n) is 1.88. The summed E-state index contributed by atoms with van der Waals surface area (Å²) in [5, 5.41) is 9.41. The second kappa shape index (κ2) is 12.2. The molecule has 0 heterocycles. The minimum Gasteiger partial charge on any atom is -0.357 e. The van der Waals surface area contributed by atoms with Crippen LogP contribution in [-0.2, 0) is 0 Å². The van der Waals surface area contributed by atoms with Crippen LogP contribution >= 0.6 is 24.0 Å². The maximum Gasteiger partial charge on any atom is 0.251 e. The van der Waals surface area contributed by atoms with E-state index >= 15 is 0 Å². The summed E-state index contributed by atoms with van der Waals surface area (Å²) < 4.78 is 0. The molecule has 0 fully saturated rings. The summed E-state index contributed by atoms with van der Waals surface area (Å²) in [6.07, 6.45) is 1.04. The molecule has 0 aromatic heterocycles. The molecule has 1 amide bonds. The molecular formula is C17H29IN4O. The average molecular weight is 432 g/mol. The van der Waals surface area contributed by atoms with Crippen LogP contribution in [0.4, 0.5) is 0 Å². The molecule has 3 N–H and O–H groups in total. The van der Waals surface area contributed by atoms with Crippen molar-refractivity contribution in [3.05, 3.63) is 35.4 Å². The van der Waals surface area contributed by atoms with Crippen LogP contribution in [0.5, 0.6) is 0 Å². The van der Waals surface area contributed by atoms with Crippen molar-refractivity contribution in [2.75, 3.05) is 19.6 Å². The van der Waals surface area contributed by atoms with Gasteiger partial charge in [-0.15, -0.1) is 24.0 Å². The van der Waals surface area contributed by atoms with E-state index in [1.54, 1.807) is 0 Å². The molecule has 6 heteroatoms. The quantitative estimate of drug-likeness (QED) is 0.269. The van der Waals surface area contributed by atoms with Crippen LogP contribution in [0.1, 0.15) is 43.1 Å². The van der Waals surface area contributed by atoms with Crippen LogP contribution in [0.3, 0.4) is 0 Å². The monoisotopic (exact) mass is 432 g/mol. The van der Waals surface area contributed by atoms with Crippen molar-refractivity contribution in [1.82, 2.24) is 16.0 Å². The normalized spacial score (nSPS) is 12.1. The first kappa shape index (κ1) is 21.7. The topological polar surface area (TPSA) is 65.5 Å². The first-order valence-electron chi connectivity index (χ1n) is 7.96. The number of nitrogens with zero attached hydrogens (tertiary/aromatic N) is 1. The number of guanidine groups is 1. The first-order chi connectivity index (χ1) is 10.6. The highest BCUT2D eigenvalue weighted by Crippen LogP contribution is 2.03. The smallest absolute Gasteiger partial charge is 0.251 e. The van der Waals surface area contributed by atoms with Gasteiger partial charge in [-0.3, -0.25) is 9.79 Å². The highest BCUT2D eigenvalue weighted by Gasteiger charge is 2.05. The van der Waals surface area contributed by atoms with Crippen LogP contribution < -0.4 is 16.0 Å². The summed E-state index contributed by atoms with van der Waals surface area (Å²) >= 11 is 0. The van der Waals surface area contributed by atoms with E-state index in [1.807, 2.05) is 38.1 Å². The third-order valence-electron chi connectivity index (χ3n) is 3.29. The van der Waals surface area contributed by atoms with Gasteiger partial charge < -0.3 is 16.0 Å². The SMILES string of the molecule is CCNC(=NCCNC(=O)c1cccc(C)c1)NC(C)CC.I. The maximum absolute atomic E-state index is 12.0. The lowest BCUT2D eigenvalue weighted by atomic mass is 10.1. The molecule has 5 nitrogen and oxygen atoms in total. The Kier molecular flexibility index (Phi) is 11.5. The lowest BCUT2D eigenvalue weighted by Crippen LogP contribution is -2.42. The molecule has 0 spiro atoms. The summed E-state index contributed by atoms with van der Waals surface area (Å²) in [4.78, 5) is 16.5. The van der Waals surface area contributed by atoms with Crippen LogP contribution in [0.2, 0.25) is 0 Å². The molecule has 1 aromatic rings. The molecule has 130 valence electrons. The van der Waals surface area contributed by atoms with Crippen molar-refractivity contribution in [2.45, 2.75) is 40.2 Å². The van der Waals surface area contributed by atoms with E-state index in [0.717, 1.165) is 24.5 Å². The molecule has 0 aliphatic carbocycles. The fourth-order valence-corrected chi connectivity index (χ4v) is 1.88. The third kappa shape index (κ3) is 8.78. The lowest BCUT2D eigenvalue weighted by molar-refractivity contribution is 0.0954. The molecule has 0 saturated heterocycles. The predicted molar refractivity (Wildman–Crippen MR) is 108 cm³/mol. The van der Waals surface area contributed by atoms with Crippen molar-refractivity contribution in [1.29, 1.82) is 0 Å². The molecular weight excluding hydrogens is 403 g/mol. The van der Waals surface area contributed by atoms with Crippen LogP contribution in [0, 0.1) is 6.92 Å². The second-order valence-electron chi connectivity index (χ2n) is 5.34. The molecule has 1 unspecified atom stereocenters.